The van der Waals surface area contributed by atoms with E-state index in [1.54, 1.807) is 0 Å². The molecule has 1 aliphatic heterocycles. The second-order valence-corrected chi connectivity index (χ2v) is 6.25. The van der Waals surface area contributed by atoms with E-state index in [2.05, 4.69) is 27.7 Å². The molecule has 0 aromatic heterocycles. The van der Waals surface area contributed by atoms with Crippen molar-refractivity contribution in [3.63, 3.8) is 0 Å². The van der Waals surface area contributed by atoms with Crippen LogP contribution in [0.3, 0.4) is 0 Å². The monoisotopic (exact) mass is 212 g/mol. The van der Waals surface area contributed by atoms with Crippen LogP contribution in [0.4, 0.5) is 0 Å². The molecule has 1 saturated heterocycles. The standard InChI is InChI=1S/C13H24O2/c1-5-6-7-11-10(2)8-12(3,4)9-13(11)14-15-13/h10-11H,5-9H2,1-4H3. The van der Waals surface area contributed by atoms with Gasteiger partial charge < -0.3 is 0 Å². The molecule has 0 amide bonds. The lowest BCUT2D eigenvalue weighted by Crippen LogP contribution is -2.41. The summed E-state index contributed by atoms with van der Waals surface area (Å²) >= 11 is 0. The summed E-state index contributed by atoms with van der Waals surface area (Å²) in [5.41, 5.74) is 0.374. The van der Waals surface area contributed by atoms with E-state index in [4.69, 9.17) is 9.78 Å². The number of hydrogen-bond acceptors (Lipinski definition) is 2. The van der Waals surface area contributed by atoms with Gasteiger partial charge in [-0.05, 0) is 24.2 Å². The highest BCUT2D eigenvalue weighted by molar-refractivity contribution is 4.97. The second kappa shape index (κ2) is 3.74. The van der Waals surface area contributed by atoms with E-state index in [0.29, 0.717) is 11.3 Å². The largest absolute Gasteiger partial charge is 0.237 e. The summed E-state index contributed by atoms with van der Waals surface area (Å²) in [6, 6.07) is 0. The molecule has 0 bridgehead atoms. The lowest BCUT2D eigenvalue weighted by Gasteiger charge is -2.41. The molecule has 2 rings (SSSR count). The van der Waals surface area contributed by atoms with Crippen molar-refractivity contribution in [3.8, 4) is 0 Å². The molecule has 0 radical (unpaired) electrons. The molecule has 0 N–H and O–H groups in total. The van der Waals surface area contributed by atoms with Crippen LogP contribution in [0.1, 0.15) is 59.8 Å². The molecule has 0 aromatic carbocycles. The minimum absolute atomic E-state index is 0.198. The molecule has 1 spiro atoms. The summed E-state index contributed by atoms with van der Waals surface area (Å²) in [7, 11) is 0. The Morgan fingerprint density at radius 3 is 2.47 bits per heavy atom. The second-order valence-electron chi connectivity index (χ2n) is 6.25. The fourth-order valence-corrected chi connectivity index (χ4v) is 3.48. The van der Waals surface area contributed by atoms with E-state index in [1.165, 1.54) is 25.7 Å². The van der Waals surface area contributed by atoms with Gasteiger partial charge >= 0.3 is 0 Å². The highest BCUT2D eigenvalue weighted by Gasteiger charge is 2.61. The number of unbranched alkanes of at least 4 members (excludes halogenated alkanes) is 1. The van der Waals surface area contributed by atoms with Gasteiger partial charge in [-0.3, -0.25) is 0 Å². The highest BCUT2D eigenvalue weighted by atomic mass is 17.4. The Balaban J connectivity index is 2.04. The van der Waals surface area contributed by atoms with Crippen LogP contribution in [0.25, 0.3) is 0 Å². The van der Waals surface area contributed by atoms with Gasteiger partial charge in [0.1, 0.15) is 0 Å². The van der Waals surface area contributed by atoms with E-state index < -0.39 is 0 Å². The first kappa shape index (κ1) is 11.4. The lowest BCUT2D eigenvalue weighted by atomic mass is 9.64. The fraction of sp³-hybridized carbons (Fsp3) is 1.00. The molecule has 2 heteroatoms. The molecule has 15 heavy (non-hydrogen) atoms. The molecular weight excluding hydrogens is 188 g/mol. The number of hydrogen-bond donors (Lipinski definition) is 0. The molecule has 2 atom stereocenters. The average Bonchev–Trinajstić information content (AvgIpc) is 2.82. The smallest absolute Gasteiger partial charge is 0.195 e. The molecule has 88 valence electrons. The van der Waals surface area contributed by atoms with E-state index in [1.807, 2.05) is 0 Å². The number of rotatable bonds is 3. The normalized spacial score (nSPS) is 36.8. The summed E-state index contributed by atoms with van der Waals surface area (Å²) in [5.74, 6) is 1.14. The van der Waals surface area contributed by atoms with Crippen molar-refractivity contribution in [2.24, 2.45) is 17.3 Å². The maximum atomic E-state index is 5.35. The summed E-state index contributed by atoms with van der Waals surface area (Å²) in [6.07, 6.45) is 6.19. The lowest BCUT2D eigenvalue weighted by molar-refractivity contribution is 0.0244. The van der Waals surface area contributed by atoms with Crippen LogP contribution >= 0.6 is 0 Å². The van der Waals surface area contributed by atoms with Gasteiger partial charge in [-0.15, -0.1) is 0 Å². The maximum absolute atomic E-state index is 5.35. The van der Waals surface area contributed by atoms with Crippen LogP contribution in [-0.2, 0) is 9.78 Å². The Morgan fingerprint density at radius 2 is 1.93 bits per heavy atom. The molecule has 1 heterocycles. The Hall–Kier alpha value is -0.0800. The summed E-state index contributed by atoms with van der Waals surface area (Å²) in [5, 5.41) is 0. The summed E-state index contributed by atoms with van der Waals surface area (Å²) in [4.78, 5) is 10.7. The molecule has 2 aliphatic rings. The fourth-order valence-electron chi connectivity index (χ4n) is 3.48. The molecule has 1 aliphatic carbocycles. The Labute approximate surface area is 93.3 Å². The van der Waals surface area contributed by atoms with Gasteiger partial charge in [-0.25, -0.2) is 0 Å². The van der Waals surface area contributed by atoms with Crippen molar-refractivity contribution >= 4 is 0 Å². The minimum Gasteiger partial charge on any atom is -0.195 e. The highest BCUT2D eigenvalue weighted by Crippen LogP contribution is 2.57. The maximum Gasteiger partial charge on any atom is 0.237 e. The zero-order valence-corrected chi connectivity index (χ0v) is 10.5. The SMILES string of the molecule is CCCCC1C(C)CC(C)(C)CC12OO2. The molecule has 1 saturated carbocycles. The van der Waals surface area contributed by atoms with E-state index in [9.17, 15) is 0 Å². The quantitative estimate of drug-likeness (QED) is 0.523. The van der Waals surface area contributed by atoms with Crippen molar-refractivity contribution in [1.82, 2.24) is 0 Å². The molecule has 2 nitrogen and oxygen atoms in total. The third-order valence-electron chi connectivity index (χ3n) is 4.02. The predicted octanol–water partition coefficient (Wildman–Crippen LogP) is 3.91. The van der Waals surface area contributed by atoms with Crippen LogP contribution in [0, 0.1) is 17.3 Å². The van der Waals surface area contributed by atoms with E-state index >= 15 is 0 Å². The van der Waals surface area contributed by atoms with Crippen LogP contribution < -0.4 is 0 Å². The van der Waals surface area contributed by atoms with Crippen molar-refractivity contribution in [1.29, 1.82) is 0 Å². The molecule has 0 aromatic rings. The van der Waals surface area contributed by atoms with Gasteiger partial charge in [0.05, 0.1) is 0 Å². The van der Waals surface area contributed by atoms with Gasteiger partial charge in [0.25, 0.3) is 0 Å². The topological polar surface area (TPSA) is 25.1 Å². The molecule has 2 unspecified atom stereocenters. The van der Waals surface area contributed by atoms with Crippen molar-refractivity contribution in [3.05, 3.63) is 0 Å². The van der Waals surface area contributed by atoms with Gasteiger partial charge in [0.2, 0.25) is 5.79 Å². The first-order valence-corrected chi connectivity index (χ1v) is 6.36. The van der Waals surface area contributed by atoms with Crippen LogP contribution in [-0.4, -0.2) is 5.79 Å². The Kier molecular flexibility index (Phi) is 2.85. The van der Waals surface area contributed by atoms with Crippen LogP contribution in [0.2, 0.25) is 0 Å². The van der Waals surface area contributed by atoms with E-state index in [0.717, 1.165) is 12.3 Å². The van der Waals surface area contributed by atoms with Crippen molar-refractivity contribution < 1.29 is 9.78 Å². The third kappa shape index (κ3) is 2.21. The Morgan fingerprint density at radius 1 is 1.27 bits per heavy atom. The van der Waals surface area contributed by atoms with Gasteiger partial charge in [-0.2, -0.15) is 9.78 Å². The first-order valence-electron chi connectivity index (χ1n) is 6.36. The van der Waals surface area contributed by atoms with Crippen LogP contribution in [0.5, 0.6) is 0 Å². The predicted molar refractivity (Wildman–Crippen MR) is 60.1 cm³/mol. The average molecular weight is 212 g/mol. The summed E-state index contributed by atoms with van der Waals surface area (Å²) < 4.78 is 0. The zero-order chi connectivity index (χ0) is 11.1. The van der Waals surface area contributed by atoms with Crippen molar-refractivity contribution in [2.45, 2.75) is 65.6 Å². The minimum atomic E-state index is -0.198. The molecule has 2 fully saturated rings. The van der Waals surface area contributed by atoms with Gasteiger partial charge in [0.15, 0.2) is 0 Å². The molecular formula is C13H24O2. The zero-order valence-electron chi connectivity index (χ0n) is 10.5. The Bertz CT molecular complexity index is 231. The van der Waals surface area contributed by atoms with Crippen LogP contribution in [0.15, 0.2) is 0 Å². The first-order chi connectivity index (χ1) is 6.99. The van der Waals surface area contributed by atoms with Gasteiger partial charge in [0, 0.05) is 12.3 Å². The third-order valence-corrected chi connectivity index (χ3v) is 4.02. The summed E-state index contributed by atoms with van der Waals surface area (Å²) in [6.45, 7) is 9.26. The van der Waals surface area contributed by atoms with E-state index in [-0.39, 0.29) is 5.79 Å². The van der Waals surface area contributed by atoms with Gasteiger partial charge in [-0.1, -0.05) is 40.5 Å². The van der Waals surface area contributed by atoms with Crippen molar-refractivity contribution in [2.75, 3.05) is 0 Å².